The van der Waals surface area contributed by atoms with Gasteiger partial charge in [-0.1, -0.05) is 6.07 Å². The maximum atomic E-state index is 5.84. The molecular formula is C12H20N4. The number of rotatable bonds is 2. The number of nitrogens with two attached hydrogens (primary N) is 1. The van der Waals surface area contributed by atoms with Crippen molar-refractivity contribution in [2.24, 2.45) is 5.73 Å². The summed E-state index contributed by atoms with van der Waals surface area (Å²) in [5.74, 6) is 1.06. The number of aromatic nitrogens is 1. The smallest absolute Gasteiger partial charge is 0.128 e. The van der Waals surface area contributed by atoms with Crippen LogP contribution >= 0.6 is 0 Å². The lowest BCUT2D eigenvalue weighted by molar-refractivity contribution is 0.312. The zero-order valence-corrected chi connectivity index (χ0v) is 10.1. The van der Waals surface area contributed by atoms with Gasteiger partial charge in [0.05, 0.1) is 5.69 Å². The first-order valence-corrected chi connectivity index (χ1v) is 5.83. The Bertz CT molecular complexity index is 343. The third kappa shape index (κ3) is 2.51. The summed E-state index contributed by atoms with van der Waals surface area (Å²) in [6.07, 6.45) is 0. The molecule has 16 heavy (non-hydrogen) atoms. The van der Waals surface area contributed by atoms with E-state index >= 15 is 0 Å². The normalized spacial score (nSPS) is 19.8. The topological polar surface area (TPSA) is 45.4 Å². The third-order valence-corrected chi connectivity index (χ3v) is 3.05. The van der Waals surface area contributed by atoms with Crippen molar-refractivity contribution in [3.8, 4) is 0 Å². The van der Waals surface area contributed by atoms with E-state index in [1.165, 1.54) is 0 Å². The molecule has 0 amide bonds. The molecule has 4 nitrogen and oxygen atoms in total. The minimum Gasteiger partial charge on any atom is -0.354 e. The Hall–Kier alpha value is -1.13. The van der Waals surface area contributed by atoms with Gasteiger partial charge < -0.3 is 15.5 Å². The third-order valence-electron chi connectivity index (χ3n) is 3.05. The molecular weight excluding hydrogens is 200 g/mol. The fourth-order valence-corrected chi connectivity index (χ4v) is 1.90. The molecule has 1 aromatic rings. The Morgan fingerprint density at radius 2 is 1.94 bits per heavy atom. The zero-order chi connectivity index (χ0) is 11.5. The van der Waals surface area contributed by atoms with Gasteiger partial charge in [-0.25, -0.2) is 4.98 Å². The maximum Gasteiger partial charge on any atom is 0.128 e. The number of hydrogen-bond donors (Lipinski definition) is 1. The van der Waals surface area contributed by atoms with Crippen LogP contribution in [0.1, 0.15) is 18.7 Å². The highest BCUT2D eigenvalue weighted by atomic mass is 15.3. The highest BCUT2D eigenvalue weighted by Gasteiger charge is 2.15. The molecule has 0 aliphatic carbocycles. The average Bonchev–Trinajstić information content (AvgIpc) is 2.30. The number of likely N-dealkylation sites (N-methyl/N-ethyl adjacent to an activating group) is 1. The van der Waals surface area contributed by atoms with E-state index in [1.54, 1.807) is 0 Å². The van der Waals surface area contributed by atoms with Crippen molar-refractivity contribution < 1.29 is 0 Å². The molecule has 88 valence electrons. The van der Waals surface area contributed by atoms with Gasteiger partial charge in [-0.2, -0.15) is 0 Å². The summed E-state index contributed by atoms with van der Waals surface area (Å²) in [6.45, 7) is 6.27. The standard InChI is InChI=1S/C12H20N4/c1-10(13)11-4-3-5-12(14-11)16-8-6-15(2)7-9-16/h3-5,10H,6-9,13H2,1-2H3/t10-/m1/s1. The van der Waals surface area contributed by atoms with Crippen LogP contribution in [-0.4, -0.2) is 43.1 Å². The van der Waals surface area contributed by atoms with Crippen molar-refractivity contribution in [3.63, 3.8) is 0 Å². The summed E-state index contributed by atoms with van der Waals surface area (Å²) in [4.78, 5) is 9.27. The van der Waals surface area contributed by atoms with Gasteiger partial charge in [0.1, 0.15) is 5.82 Å². The monoisotopic (exact) mass is 220 g/mol. The Morgan fingerprint density at radius 3 is 2.56 bits per heavy atom. The summed E-state index contributed by atoms with van der Waals surface area (Å²) in [5.41, 5.74) is 6.81. The van der Waals surface area contributed by atoms with Crippen LogP contribution in [-0.2, 0) is 0 Å². The first-order chi connectivity index (χ1) is 7.66. The van der Waals surface area contributed by atoms with Crippen molar-refractivity contribution in [1.82, 2.24) is 9.88 Å². The van der Waals surface area contributed by atoms with Gasteiger partial charge in [-0.05, 0) is 26.1 Å². The lowest BCUT2D eigenvalue weighted by Gasteiger charge is -2.33. The molecule has 1 aromatic heterocycles. The van der Waals surface area contributed by atoms with E-state index in [-0.39, 0.29) is 6.04 Å². The van der Waals surface area contributed by atoms with Gasteiger partial charge in [0, 0.05) is 32.2 Å². The van der Waals surface area contributed by atoms with E-state index in [9.17, 15) is 0 Å². The van der Waals surface area contributed by atoms with E-state index in [0.717, 1.165) is 37.7 Å². The van der Waals surface area contributed by atoms with Crippen molar-refractivity contribution in [2.45, 2.75) is 13.0 Å². The summed E-state index contributed by atoms with van der Waals surface area (Å²) in [7, 11) is 2.16. The van der Waals surface area contributed by atoms with Crippen LogP contribution in [0.3, 0.4) is 0 Å². The van der Waals surface area contributed by atoms with E-state index in [0.29, 0.717) is 0 Å². The van der Waals surface area contributed by atoms with Crippen molar-refractivity contribution in [2.75, 3.05) is 38.1 Å². The Morgan fingerprint density at radius 1 is 1.25 bits per heavy atom. The lowest BCUT2D eigenvalue weighted by Crippen LogP contribution is -2.44. The van der Waals surface area contributed by atoms with E-state index < -0.39 is 0 Å². The summed E-state index contributed by atoms with van der Waals surface area (Å²) in [5, 5.41) is 0. The maximum absolute atomic E-state index is 5.84. The molecule has 0 bridgehead atoms. The molecule has 1 fully saturated rings. The van der Waals surface area contributed by atoms with Gasteiger partial charge in [-0.3, -0.25) is 0 Å². The number of pyridine rings is 1. The zero-order valence-electron chi connectivity index (χ0n) is 10.1. The van der Waals surface area contributed by atoms with Crippen LogP contribution < -0.4 is 10.6 Å². The lowest BCUT2D eigenvalue weighted by atomic mass is 10.2. The number of anilines is 1. The fraction of sp³-hybridized carbons (Fsp3) is 0.583. The summed E-state index contributed by atoms with van der Waals surface area (Å²) < 4.78 is 0. The van der Waals surface area contributed by atoms with Gasteiger partial charge in [-0.15, -0.1) is 0 Å². The summed E-state index contributed by atoms with van der Waals surface area (Å²) in [6, 6.07) is 6.10. The molecule has 1 saturated heterocycles. The van der Waals surface area contributed by atoms with Gasteiger partial charge in [0.25, 0.3) is 0 Å². The Balaban J connectivity index is 2.11. The highest BCUT2D eigenvalue weighted by Crippen LogP contribution is 2.16. The average molecular weight is 220 g/mol. The molecule has 0 aromatic carbocycles. The van der Waals surface area contributed by atoms with Crippen molar-refractivity contribution in [3.05, 3.63) is 23.9 Å². The Labute approximate surface area is 97.1 Å². The van der Waals surface area contributed by atoms with Crippen molar-refractivity contribution >= 4 is 5.82 Å². The minimum absolute atomic E-state index is 0.00686. The molecule has 1 aliphatic rings. The predicted octanol–water partition coefficient (Wildman–Crippen LogP) is 0.853. The first-order valence-electron chi connectivity index (χ1n) is 5.83. The van der Waals surface area contributed by atoms with Crippen LogP contribution in [0, 0.1) is 0 Å². The Kier molecular flexibility index (Phi) is 3.41. The van der Waals surface area contributed by atoms with Crippen LogP contribution in [0.2, 0.25) is 0 Å². The minimum atomic E-state index is 0.00686. The van der Waals surface area contributed by atoms with E-state index in [1.807, 2.05) is 19.1 Å². The van der Waals surface area contributed by atoms with Gasteiger partial charge >= 0.3 is 0 Å². The molecule has 2 N–H and O–H groups in total. The first kappa shape index (κ1) is 11.4. The highest BCUT2D eigenvalue weighted by molar-refractivity contribution is 5.40. The largest absolute Gasteiger partial charge is 0.354 e. The van der Waals surface area contributed by atoms with E-state index in [4.69, 9.17) is 5.73 Å². The van der Waals surface area contributed by atoms with Crippen molar-refractivity contribution in [1.29, 1.82) is 0 Å². The van der Waals surface area contributed by atoms with Gasteiger partial charge in [0.2, 0.25) is 0 Å². The number of piperazine rings is 1. The molecule has 0 spiro atoms. The predicted molar refractivity (Wildman–Crippen MR) is 66.5 cm³/mol. The number of hydrogen-bond acceptors (Lipinski definition) is 4. The quantitative estimate of drug-likeness (QED) is 0.802. The van der Waals surface area contributed by atoms with Crippen LogP contribution in [0.4, 0.5) is 5.82 Å². The van der Waals surface area contributed by atoms with Crippen LogP contribution in [0.25, 0.3) is 0 Å². The van der Waals surface area contributed by atoms with E-state index in [2.05, 4.69) is 27.9 Å². The second-order valence-corrected chi connectivity index (χ2v) is 4.50. The second-order valence-electron chi connectivity index (χ2n) is 4.50. The van der Waals surface area contributed by atoms with Crippen LogP contribution in [0.5, 0.6) is 0 Å². The molecule has 0 unspecified atom stereocenters. The molecule has 1 atom stereocenters. The number of nitrogens with zero attached hydrogens (tertiary/aromatic N) is 3. The molecule has 1 aliphatic heterocycles. The molecule has 0 saturated carbocycles. The SMILES string of the molecule is C[C@@H](N)c1cccc(N2CCN(C)CC2)n1. The molecule has 4 heteroatoms. The molecule has 0 radical (unpaired) electrons. The van der Waals surface area contributed by atoms with Gasteiger partial charge in [0.15, 0.2) is 0 Å². The fourth-order valence-electron chi connectivity index (χ4n) is 1.90. The van der Waals surface area contributed by atoms with Crippen LogP contribution in [0.15, 0.2) is 18.2 Å². The second kappa shape index (κ2) is 4.80. The summed E-state index contributed by atoms with van der Waals surface area (Å²) >= 11 is 0. The molecule has 2 rings (SSSR count). The molecule has 2 heterocycles.